The molecule has 0 fully saturated rings. The Bertz CT molecular complexity index is 809. The van der Waals surface area contributed by atoms with Crippen LogP contribution in [0.3, 0.4) is 0 Å². The van der Waals surface area contributed by atoms with Crippen LogP contribution in [0.2, 0.25) is 0 Å². The molecule has 2 aromatic carbocycles. The summed E-state index contributed by atoms with van der Waals surface area (Å²) in [5.41, 5.74) is 1.36. The average Bonchev–Trinajstić information content (AvgIpc) is 2.57. The van der Waals surface area contributed by atoms with Gasteiger partial charge < -0.3 is 15.2 Å². The molecule has 7 nitrogen and oxygen atoms in total. The maximum absolute atomic E-state index is 12.3. The summed E-state index contributed by atoms with van der Waals surface area (Å²) in [5.74, 6) is 0.445. The highest BCUT2D eigenvalue weighted by Gasteiger charge is 2.20. The summed E-state index contributed by atoms with van der Waals surface area (Å²) in [5, 5.41) is 30.9. The quantitative estimate of drug-likeness (QED) is 0.576. The van der Waals surface area contributed by atoms with Gasteiger partial charge in [-0.2, -0.15) is 0 Å². The topological polar surface area (TPSA) is 88.0 Å². The van der Waals surface area contributed by atoms with Crippen molar-refractivity contribution in [1.29, 1.82) is 0 Å². The van der Waals surface area contributed by atoms with Crippen molar-refractivity contribution in [2.24, 2.45) is 0 Å². The van der Waals surface area contributed by atoms with Crippen LogP contribution in [0.4, 0.5) is 5.95 Å². The largest absolute Gasteiger partial charge is 0.739 e. The zero-order valence-corrected chi connectivity index (χ0v) is 11.9. The Labute approximate surface area is 126 Å². The van der Waals surface area contributed by atoms with E-state index in [1.54, 1.807) is 6.07 Å². The molecule has 1 heterocycles. The molecule has 112 valence electrons. The number of ether oxygens (including phenoxy) is 1. The van der Waals surface area contributed by atoms with Crippen LogP contribution in [-0.2, 0) is 6.54 Å². The monoisotopic (exact) mass is 298 g/mol. The average molecular weight is 298 g/mol. The fourth-order valence-corrected chi connectivity index (χ4v) is 2.13. The second kappa shape index (κ2) is 5.72. The van der Waals surface area contributed by atoms with Crippen LogP contribution in [0.5, 0.6) is 5.75 Å². The number of hydrogen-bond donors (Lipinski definition) is 1. The number of rotatable bonds is 4. The molecule has 3 rings (SSSR count). The summed E-state index contributed by atoms with van der Waals surface area (Å²) in [6, 6.07) is 14.2. The first kappa shape index (κ1) is 13.9. The number of anilines is 1. The van der Waals surface area contributed by atoms with Gasteiger partial charge in [0.25, 0.3) is 0 Å². The van der Waals surface area contributed by atoms with Crippen molar-refractivity contribution in [3.63, 3.8) is 0 Å². The minimum atomic E-state index is -0.0449. The molecule has 3 aromatic rings. The summed E-state index contributed by atoms with van der Waals surface area (Å²) in [6.07, 6.45) is 0. The zero-order chi connectivity index (χ0) is 15.5. The zero-order valence-electron chi connectivity index (χ0n) is 11.9. The fourth-order valence-electron chi connectivity index (χ4n) is 2.13. The molecule has 0 aliphatic carbocycles. The van der Waals surface area contributed by atoms with Crippen molar-refractivity contribution in [2.45, 2.75) is 6.54 Å². The highest BCUT2D eigenvalue weighted by Crippen LogP contribution is 2.15. The minimum Gasteiger partial charge on any atom is -0.739 e. The van der Waals surface area contributed by atoms with Crippen molar-refractivity contribution >= 4 is 17.0 Å². The molecule has 0 bridgehead atoms. The van der Waals surface area contributed by atoms with E-state index in [4.69, 9.17) is 4.74 Å². The first-order chi connectivity index (χ1) is 10.7. The Hall–Kier alpha value is -3.09. The first-order valence-electron chi connectivity index (χ1n) is 6.68. The summed E-state index contributed by atoms with van der Waals surface area (Å²) in [6.45, 7) is 0.401. The number of nitrogens with zero attached hydrogens (tertiary/aromatic N) is 3. The molecule has 0 aliphatic rings. The van der Waals surface area contributed by atoms with E-state index >= 15 is 0 Å². The first-order valence-corrected chi connectivity index (χ1v) is 6.68. The number of aromatic nitrogens is 3. The van der Waals surface area contributed by atoms with Crippen molar-refractivity contribution in [2.75, 3.05) is 12.4 Å². The molecule has 0 amide bonds. The lowest BCUT2D eigenvalue weighted by Gasteiger charge is -2.10. The highest BCUT2D eigenvalue weighted by molar-refractivity contribution is 5.70. The number of hydrogen-bond acceptors (Lipinski definition) is 5. The van der Waals surface area contributed by atoms with Crippen LogP contribution in [0, 0.1) is 10.4 Å². The van der Waals surface area contributed by atoms with Gasteiger partial charge in [0.1, 0.15) is 5.75 Å². The normalized spacial score (nSPS) is 10.6. The third-order valence-corrected chi connectivity index (χ3v) is 3.28. The van der Waals surface area contributed by atoms with Gasteiger partial charge >= 0.3 is 11.5 Å². The van der Waals surface area contributed by atoms with Gasteiger partial charge in [0.15, 0.2) is 5.52 Å². The lowest BCUT2D eigenvalue weighted by atomic mass is 10.2. The van der Waals surface area contributed by atoms with E-state index in [1.807, 2.05) is 30.3 Å². The third-order valence-electron chi connectivity index (χ3n) is 3.28. The Morgan fingerprint density at radius 1 is 1.09 bits per heavy atom. The molecule has 7 heteroatoms. The molecule has 0 spiro atoms. The predicted molar refractivity (Wildman–Crippen MR) is 80.0 cm³/mol. The predicted octanol–water partition coefficient (Wildman–Crippen LogP) is 1.12. The van der Waals surface area contributed by atoms with Gasteiger partial charge in [-0.3, -0.25) is 5.32 Å². The van der Waals surface area contributed by atoms with Gasteiger partial charge in [-0.1, -0.05) is 30.3 Å². The summed E-state index contributed by atoms with van der Waals surface area (Å²) in [7, 11) is 1.49. The molecule has 0 atom stereocenters. The Morgan fingerprint density at radius 3 is 2.59 bits per heavy atom. The van der Waals surface area contributed by atoms with E-state index in [2.05, 4.69) is 10.4 Å². The second-order valence-corrected chi connectivity index (χ2v) is 4.68. The standard InChI is InChI=1S/C15H14N4O3/c1-22-12-7-8-13-14(9-12)19(21)17-15(18(13)20)16-10-11-5-3-2-4-6-11/h2-9H,10H2,1H3,(H,16,17). The molecule has 0 saturated heterocycles. The Morgan fingerprint density at radius 2 is 1.86 bits per heavy atom. The van der Waals surface area contributed by atoms with Gasteiger partial charge in [0, 0.05) is 4.85 Å². The lowest BCUT2D eigenvalue weighted by molar-refractivity contribution is -0.672. The van der Waals surface area contributed by atoms with Crippen molar-refractivity contribution < 1.29 is 14.3 Å². The van der Waals surface area contributed by atoms with E-state index < -0.39 is 0 Å². The summed E-state index contributed by atoms with van der Waals surface area (Å²) in [4.78, 5) is 0.416. The number of benzene rings is 2. The van der Waals surface area contributed by atoms with Crippen LogP contribution in [-0.4, -0.2) is 12.2 Å². The molecular formula is C15H14N4O3. The van der Waals surface area contributed by atoms with Gasteiger partial charge in [-0.05, 0) is 17.7 Å². The molecule has 1 aromatic heterocycles. The molecule has 0 unspecified atom stereocenters. The van der Waals surface area contributed by atoms with Gasteiger partial charge in [-0.15, -0.1) is 0 Å². The van der Waals surface area contributed by atoms with Crippen LogP contribution in [0.15, 0.2) is 48.5 Å². The second-order valence-electron chi connectivity index (χ2n) is 4.68. The number of methoxy groups -OCH3 is 1. The Kier molecular flexibility index (Phi) is 3.61. The minimum absolute atomic E-state index is 0.0449. The van der Waals surface area contributed by atoms with Gasteiger partial charge in [-0.25, -0.2) is 4.73 Å². The number of nitrogens with one attached hydrogen (secondary N) is 1. The third kappa shape index (κ3) is 2.56. The molecule has 0 aliphatic heterocycles. The molecule has 0 radical (unpaired) electrons. The van der Waals surface area contributed by atoms with E-state index in [-0.39, 0.29) is 17.0 Å². The summed E-state index contributed by atoms with van der Waals surface area (Å²) < 4.78 is 5.65. The lowest BCUT2D eigenvalue weighted by Crippen LogP contribution is -2.44. The highest BCUT2D eigenvalue weighted by atomic mass is 16.5. The maximum atomic E-state index is 12.3. The van der Waals surface area contributed by atoms with Crippen molar-refractivity contribution in [1.82, 2.24) is 5.10 Å². The molecule has 22 heavy (non-hydrogen) atoms. The molecule has 1 N–H and O–H groups in total. The van der Waals surface area contributed by atoms with E-state index in [1.165, 1.54) is 19.2 Å². The van der Waals surface area contributed by atoms with Gasteiger partial charge in [0.05, 0.1) is 19.7 Å². The SMILES string of the molecule is COc1ccc2c(c1)[n+]([O-])nc(NCc1ccccc1)[n+]2[O-]. The fraction of sp³-hybridized carbons (Fsp3) is 0.133. The van der Waals surface area contributed by atoms with Gasteiger partial charge in [0.2, 0.25) is 5.10 Å². The smallest absolute Gasteiger partial charge is 0.461 e. The van der Waals surface area contributed by atoms with E-state index in [0.29, 0.717) is 21.9 Å². The Balaban J connectivity index is 1.95. The van der Waals surface area contributed by atoms with E-state index in [0.717, 1.165) is 5.56 Å². The molecular weight excluding hydrogens is 284 g/mol. The van der Waals surface area contributed by atoms with Crippen LogP contribution < -0.4 is 19.6 Å². The van der Waals surface area contributed by atoms with Crippen LogP contribution >= 0.6 is 0 Å². The van der Waals surface area contributed by atoms with Crippen molar-refractivity contribution in [3.05, 3.63) is 64.5 Å². The number of fused-ring (bicyclic) bond motifs is 1. The van der Waals surface area contributed by atoms with Crippen LogP contribution in [0.25, 0.3) is 11.0 Å². The maximum Gasteiger partial charge on any atom is 0.461 e. The van der Waals surface area contributed by atoms with Crippen LogP contribution in [0.1, 0.15) is 5.56 Å². The summed E-state index contributed by atoms with van der Waals surface area (Å²) >= 11 is 0. The van der Waals surface area contributed by atoms with Crippen molar-refractivity contribution in [3.8, 4) is 5.75 Å². The van der Waals surface area contributed by atoms with E-state index in [9.17, 15) is 10.4 Å². The molecule has 0 saturated carbocycles.